The summed E-state index contributed by atoms with van der Waals surface area (Å²) in [5, 5.41) is 7.47. The second kappa shape index (κ2) is 10.5. The van der Waals surface area contributed by atoms with Gasteiger partial charge >= 0.3 is 11.9 Å². The molecule has 9 heteroatoms. The lowest BCUT2D eigenvalue weighted by Gasteiger charge is -2.17. The Balaban J connectivity index is 2.13. The normalized spacial score (nSPS) is 10.7. The standard InChI is InChI=1S/C24H26N4O5/c1-5-28-22(29)21(26-18-13-25-12-11-16(18)4)19(20(27-28)17-9-7-6-8-10-17)24(31)33-14-32-23(30)15(2)3/h6-13,15,26H,5,14H2,1-4H3. The fraction of sp³-hybridized carbons (Fsp3) is 0.292. The molecule has 0 spiro atoms. The van der Waals surface area contributed by atoms with Crippen molar-refractivity contribution >= 4 is 23.3 Å². The average Bonchev–Trinajstić information content (AvgIpc) is 2.81. The van der Waals surface area contributed by atoms with Gasteiger partial charge in [0.15, 0.2) is 0 Å². The van der Waals surface area contributed by atoms with Gasteiger partial charge in [0.1, 0.15) is 16.9 Å². The second-order valence-corrected chi connectivity index (χ2v) is 7.57. The molecule has 0 unspecified atom stereocenters. The van der Waals surface area contributed by atoms with Crippen molar-refractivity contribution in [3.05, 3.63) is 70.3 Å². The molecule has 2 aromatic heterocycles. The molecule has 1 N–H and O–H groups in total. The van der Waals surface area contributed by atoms with Crippen molar-refractivity contribution < 1.29 is 19.1 Å². The van der Waals surface area contributed by atoms with Crippen molar-refractivity contribution in [3.63, 3.8) is 0 Å². The molecule has 0 aliphatic carbocycles. The maximum absolute atomic E-state index is 13.2. The molecular formula is C24H26N4O5. The van der Waals surface area contributed by atoms with Crippen LogP contribution in [0.15, 0.2) is 53.6 Å². The Morgan fingerprint density at radius 3 is 2.48 bits per heavy atom. The molecule has 0 amide bonds. The van der Waals surface area contributed by atoms with E-state index in [0.29, 0.717) is 17.8 Å². The fourth-order valence-corrected chi connectivity index (χ4v) is 3.01. The van der Waals surface area contributed by atoms with Crippen LogP contribution in [-0.4, -0.2) is 33.5 Å². The molecule has 0 radical (unpaired) electrons. The first-order valence-electron chi connectivity index (χ1n) is 10.5. The van der Waals surface area contributed by atoms with Crippen LogP contribution in [0.25, 0.3) is 11.3 Å². The number of nitrogens with one attached hydrogen (secondary N) is 1. The summed E-state index contributed by atoms with van der Waals surface area (Å²) in [5.74, 6) is -1.72. The summed E-state index contributed by atoms with van der Waals surface area (Å²) in [6.07, 6.45) is 3.19. The van der Waals surface area contributed by atoms with Gasteiger partial charge in [0, 0.05) is 18.3 Å². The van der Waals surface area contributed by atoms with Gasteiger partial charge in [-0.2, -0.15) is 5.10 Å². The van der Waals surface area contributed by atoms with Crippen molar-refractivity contribution in [2.24, 2.45) is 5.92 Å². The Bertz CT molecular complexity index is 1210. The smallest absolute Gasteiger partial charge is 0.345 e. The minimum atomic E-state index is -0.845. The highest BCUT2D eigenvalue weighted by Gasteiger charge is 2.26. The van der Waals surface area contributed by atoms with Gasteiger partial charge in [0.05, 0.1) is 17.8 Å². The zero-order valence-electron chi connectivity index (χ0n) is 19.0. The van der Waals surface area contributed by atoms with E-state index in [1.54, 1.807) is 63.5 Å². The van der Waals surface area contributed by atoms with Crippen molar-refractivity contribution in [1.29, 1.82) is 0 Å². The van der Waals surface area contributed by atoms with Crippen LogP contribution in [0.2, 0.25) is 0 Å². The largest absolute Gasteiger partial charge is 0.428 e. The van der Waals surface area contributed by atoms with Gasteiger partial charge in [-0.05, 0) is 25.5 Å². The monoisotopic (exact) mass is 450 g/mol. The Morgan fingerprint density at radius 2 is 1.85 bits per heavy atom. The third-order valence-corrected chi connectivity index (χ3v) is 4.87. The molecule has 2 heterocycles. The van der Waals surface area contributed by atoms with Crippen LogP contribution >= 0.6 is 0 Å². The molecule has 0 bridgehead atoms. The van der Waals surface area contributed by atoms with Crippen molar-refractivity contribution in [2.45, 2.75) is 34.2 Å². The molecule has 3 rings (SSSR count). The minimum absolute atomic E-state index is 0.00184. The number of ether oxygens (including phenoxy) is 2. The molecule has 0 saturated carbocycles. The van der Waals surface area contributed by atoms with Gasteiger partial charge in [-0.3, -0.25) is 14.6 Å². The van der Waals surface area contributed by atoms with Crippen LogP contribution in [0.1, 0.15) is 36.7 Å². The van der Waals surface area contributed by atoms with E-state index in [1.165, 1.54) is 4.68 Å². The van der Waals surface area contributed by atoms with E-state index >= 15 is 0 Å². The summed E-state index contributed by atoms with van der Waals surface area (Å²) in [7, 11) is 0. The van der Waals surface area contributed by atoms with Crippen LogP contribution in [0, 0.1) is 12.8 Å². The van der Waals surface area contributed by atoms with Crippen molar-refractivity contribution in [3.8, 4) is 11.3 Å². The summed E-state index contributed by atoms with van der Waals surface area (Å²) in [5.41, 5.74) is 1.73. The number of aryl methyl sites for hydroxylation is 2. The highest BCUT2D eigenvalue weighted by molar-refractivity contribution is 6.02. The van der Waals surface area contributed by atoms with E-state index < -0.39 is 24.3 Å². The molecular weight excluding hydrogens is 424 g/mol. The molecule has 0 aliphatic rings. The molecule has 33 heavy (non-hydrogen) atoms. The molecule has 0 saturated heterocycles. The molecule has 1 aromatic carbocycles. The first-order chi connectivity index (χ1) is 15.8. The van der Waals surface area contributed by atoms with E-state index in [4.69, 9.17) is 9.47 Å². The number of hydrogen-bond acceptors (Lipinski definition) is 8. The van der Waals surface area contributed by atoms with Crippen LogP contribution < -0.4 is 10.9 Å². The lowest BCUT2D eigenvalue weighted by molar-refractivity contribution is -0.155. The lowest BCUT2D eigenvalue weighted by Crippen LogP contribution is -2.29. The summed E-state index contributed by atoms with van der Waals surface area (Å²) < 4.78 is 11.5. The van der Waals surface area contributed by atoms with Gasteiger partial charge in [0.2, 0.25) is 6.79 Å². The second-order valence-electron chi connectivity index (χ2n) is 7.57. The van der Waals surface area contributed by atoms with E-state index in [1.807, 2.05) is 13.0 Å². The van der Waals surface area contributed by atoms with Crippen LogP contribution in [0.3, 0.4) is 0 Å². The summed E-state index contributed by atoms with van der Waals surface area (Å²) in [6.45, 7) is 6.69. The van der Waals surface area contributed by atoms with Crippen LogP contribution in [0.5, 0.6) is 0 Å². The highest BCUT2D eigenvalue weighted by Crippen LogP contribution is 2.28. The average molecular weight is 450 g/mol. The van der Waals surface area contributed by atoms with E-state index in [0.717, 1.165) is 5.56 Å². The zero-order chi connectivity index (χ0) is 24.0. The fourth-order valence-electron chi connectivity index (χ4n) is 3.01. The van der Waals surface area contributed by atoms with Crippen molar-refractivity contribution in [2.75, 3.05) is 12.1 Å². The van der Waals surface area contributed by atoms with Gasteiger partial charge in [-0.1, -0.05) is 44.2 Å². The number of pyridine rings is 1. The molecule has 9 nitrogen and oxygen atoms in total. The SMILES string of the molecule is CCn1nc(-c2ccccc2)c(C(=O)OCOC(=O)C(C)C)c(Nc2cnccc2C)c1=O. The maximum Gasteiger partial charge on any atom is 0.345 e. The number of rotatable bonds is 8. The van der Waals surface area contributed by atoms with Gasteiger partial charge < -0.3 is 14.8 Å². The molecule has 0 aliphatic heterocycles. The molecule has 3 aromatic rings. The Morgan fingerprint density at radius 1 is 1.12 bits per heavy atom. The number of esters is 2. The molecule has 0 atom stereocenters. The van der Waals surface area contributed by atoms with Crippen LogP contribution in [-0.2, 0) is 20.8 Å². The quantitative estimate of drug-likeness (QED) is 0.408. The van der Waals surface area contributed by atoms with E-state index in [2.05, 4.69) is 15.4 Å². The number of anilines is 2. The highest BCUT2D eigenvalue weighted by atomic mass is 16.7. The first kappa shape index (κ1) is 23.6. The van der Waals surface area contributed by atoms with Crippen molar-refractivity contribution in [1.82, 2.24) is 14.8 Å². The first-order valence-corrected chi connectivity index (χ1v) is 10.5. The topological polar surface area (TPSA) is 112 Å². The minimum Gasteiger partial charge on any atom is -0.428 e. The van der Waals surface area contributed by atoms with Gasteiger partial charge in [-0.15, -0.1) is 0 Å². The van der Waals surface area contributed by atoms with Crippen LogP contribution in [0.4, 0.5) is 11.4 Å². The predicted octanol–water partition coefficient (Wildman–Crippen LogP) is 3.69. The molecule has 172 valence electrons. The number of hydrogen-bond donors (Lipinski definition) is 1. The number of carbonyl (C=O) groups excluding carboxylic acids is 2. The van der Waals surface area contributed by atoms with Gasteiger partial charge in [0.25, 0.3) is 5.56 Å². The maximum atomic E-state index is 13.2. The lowest BCUT2D eigenvalue weighted by atomic mass is 10.0. The summed E-state index contributed by atoms with van der Waals surface area (Å²) in [4.78, 5) is 42.2. The van der Waals surface area contributed by atoms with E-state index in [-0.39, 0.29) is 22.9 Å². The zero-order valence-corrected chi connectivity index (χ0v) is 19.0. The predicted molar refractivity (Wildman–Crippen MR) is 123 cm³/mol. The Hall–Kier alpha value is -4.01. The third kappa shape index (κ3) is 5.43. The molecule has 0 fully saturated rings. The van der Waals surface area contributed by atoms with Gasteiger partial charge in [-0.25, -0.2) is 9.48 Å². The summed E-state index contributed by atoms with van der Waals surface area (Å²) >= 11 is 0. The number of aromatic nitrogens is 3. The Kier molecular flexibility index (Phi) is 7.55. The number of carbonyl (C=O) groups is 2. The summed E-state index contributed by atoms with van der Waals surface area (Å²) in [6, 6.07) is 10.8. The number of nitrogens with zero attached hydrogens (tertiary/aromatic N) is 3. The number of benzene rings is 1. The third-order valence-electron chi connectivity index (χ3n) is 4.87. The van der Waals surface area contributed by atoms with E-state index in [9.17, 15) is 14.4 Å². The Labute approximate surface area is 191 Å².